The van der Waals surface area contributed by atoms with Gasteiger partial charge < -0.3 is 15.1 Å². The first-order valence-electron chi connectivity index (χ1n) is 24.0. The lowest BCUT2D eigenvalue weighted by Crippen LogP contribution is -2.51. The highest BCUT2D eigenvalue weighted by Gasteiger charge is 2.42. The van der Waals surface area contributed by atoms with E-state index in [9.17, 15) is 16.8 Å². The quantitative estimate of drug-likeness (QED) is 0.147. The Morgan fingerprint density at radius 1 is 0.478 bits per heavy atom. The number of nitrogens with zero attached hydrogens (tertiary/aromatic N) is 5. The van der Waals surface area contributed by atoms with E-state index in [1.54, 1.807) is 10.4 Å². The molecule has 0 unspecified atom stereocenters. The number of rotatable bonds is 11. The number of hydrogen-bond donors (Lipinski definition) is 1. The van der Waals surface area contributed by atoms with E-state index in [-0.39, 0.29) is 22.6 Å². The third kappa shape index (κ3) is 14.7. The molecule has 4 heterocycles. The van der Waals surface area contributed by atoms with E-state index >= 15 is 0 Å². The van der Waals surface area contributed by atoms with Crippen molar-refractivity contribution in [2.75, 3.05) is 88.3 Å². The van der Waals surface area contributed by atoms with Crippen LogP contribution in [0.2, 0.25) is 30.1 Å². The first-order valence-corrected chi connectivity index (χ1v) is 30.2. The van der Waals surface area contributed by atoms with Gasteiger partial charge in [0.05, 0.1) is 44.0 Å². The number of anilines is 2. The number of piperidine rings is 2. The van der Waals surface area contributed by atoms with Gasteiger partial charge in [-0.1, -0.05) is 93.9 Å². The van der Waals surface area contributed by atoms with Crippen LogP contribution < -0.4 is 15.1 Å². The Morgan fingerprint density at radius 2 is 0.884 bits per heavy atom. The monoisotopic (exact) mass is 1120 g/mol. The molecular formula is C50H61Cl7N6O4S2. The number of nitrogens with one attached hydrogen (secondary N) is 1. The summed E-state index contributed by atoms with van der Waals surface area (Å²) < 4.78 is 47.2. The van der Waals surface area contributed by atoms with E-state index in [4.69, 9.17) is 80.3 Å². The highest BCUT2D eigenvalue weighted by Crippen LogP contribution is 2.40. The minimum atomic E-state index is -3.16. The number of sulfonamides is 1. The molecule has 0 spiro atoms. The lowest BCUT2D eigenvalue weighted by Gasteiger charge is -2.45. The van der Waals surface area contributed by atoms with E-state index in [1.165, 1.54) is 30.5 Å². The van der Waals surface area contributed by atoms with Gasteiger partial charge in [0.15, 0.2) is 0 Å². The largest absolute Gasteiger partial charge is 0.361 e. The maximum absolute atomic E-state index is 12.6. The molecule has 10 rings (SSSR count). The SMILES string of the molecule is Clc1ccc([C@@H]2CN(CC3CCNCC3)CCN2c2ccc(Cl)cc2Cl)cc1.O=S(=O)(C1CC1)N1CCC(CN2CCN(c3ccc(Cl)cc3Cl)[C@H](c3ccc(Cl)cc3)C2)CC1.O=S(=O)(Cl)C1CC1. The molecule has 376 valence electrons. The van der Waals surface area contributed by atoms with Crippen molar-refractivity contribution in [3.8, 4) is 0 Å². The van der Waals surface area contributed by atoms with Crippen LogP contribution in [0, 0.1) is 11.8 Å². The van der Waals surface area contributed by atoms with Crippen LogP contribution in [-0.4, -0.2) is 120 Å². The summed E-state index contributed by atoms with van der Waals surface area (Å²) in [6, 6.07) is 28.1. The van der Waals surface area contributed by atoms with Gasteiger partial charge in [-0.3, -0.25) is 9.80 Å². The first-order chi connectivity index (χ1) is 33.0. The predicted molar refractivity (Wildman–Crippen MR) is 289 cm³/mol. The smallest absolute Gasteiger partial charge is 0.235 e. The zero-order valence-electron chi connectivity index (χ0n) is 38.5. The van der Waals surface area contributed by atoms with Gasteiger partial charge in [-0.15, -0.1) is 0 Å². The van der Waals surface area contributed by atoms with Crippen LogP contribution in [0.4, 0.5) is 11.4 Å². The van der Waals surface area contributed by atoms with Crippen molar-refractivity contribution in [3.63, 3.8) is 0 Å². The van der Waals surface area contributed by atoms with Crippen molar-refractivity contribution in [2.45, 2.75) is 74.0 Å². The molecule has 2 saturated carbocycles. The lowest BCUT2D eigenvalue weighted by molar-refractivity contribution is 0.159. The minimum Gasteiger partial charge on any atom is -0.361 e. The van der Waals surface area contributed by atoms with Gasteiger partial charge in [-0.25, -0.2) is 21.1 Å². The fourth-order valence-corrected chi connectivity index (χ4v) is 14.4. The Labute approximate surface area is 443 Å². The third-order valence-electron chi connectivity index (χ3n) is 14.2. The fourth-order valence-electron chi connectivity index (χ4n) is 10.0. The van der Waals surface area contributed by atoms with Crippen molar-refractivity contribution in [3.05, 3.63) is 126 Å². The maximum atomic E-state index is 12.6. The highest BCUT2D eigenvalue weighted by molar-refractivity contribution is 8.14. The molecule has 6 fully saturated rings. The Balaban J connectivity index is 0.000000165. The molecule has 1 N–H and O–H groups in total. The zero-order valence-corrected chi connectivity index (χ0v) is 45.4. The molecule has 2 aliphatic carbocycles. The van der Waals surface area contributed by atoms with Gasteiger partial charge in [0.2, 0.25) is 19.1 Å². The summed E-state index contributed by atoms with van der Waals surface area (Å²) in [5.74, 6) is 1.31. The fraction of sp³-hybridized carbons (Fsp3) is 0.520. The lowest BCUT2D eigenvalue weighted by atomic mass is 9.95. The average Bonchev–Trinajstić information content (AvgIpc) is 4.25. The summed E-state index contributed by atoms with van der Waals surface area (Å²) in [7, 11) is -1.31. The molecule has 4 saturated heterocycles. The molecule has 6 aliphatic rings. The number of piperazine rings is 2. The minimum absolute atomic E-state index is 0.114. The highest BCUT2D eigenvalue weighted by atomic mass is 35.7. The maximum Gasteiger partial charge on any atom is 0.235 e. The molecule has 0 amide bonds. The molecule has 10 nitrogen and oxygen atoms in total. The van der Waals surface area contributed by atoms with E-state index in [0.29, 0.717) is 39.1 Å². The number of hydrogen-bond acceptors (Lipinski definition) is 9. The molecule has 19 heteroatoms. The summed E-state index contributed by atoms with van der Waals surface area (Å²) in [6.07, 6.45) is 7.58. The summed E-state index contributed by atoms with van der Waals surface area (Å²) in [6.45, 7) is 11.4. The van der Waals surface area contributed by atoms with Gasteiger partial charge in [0.25, 0.3) is 0 Å². The zero-order chi connectivity index (χ0) is 48.9. The second-order valence-corrected chi connectivity index (χ2v) is 26.9. The molecule has 0 aromatic heterocycles. The van der Waals surface area contributed by atoms with E-state index in [0.717, 1.165) is 125 Å². The van der Waals surface area contributed by atoms with E-state index < -0.39 is 19.1 Å². The molecule has 4 aliphatic heterocycles. The first kappa shape index (κ1) is 53.5. The molecule has 4 aromatic rings. The average molecular weight is 1120 g/mol. The summed E-state index contributed by atoms with van der Waals surface area (Å²) in [4.78, 5) is 9.93. The Bertz CT molecular complexity index is 2560. The topological polar surface area (TPSA) is 96.5 Å². The second kappa shape index (κ2) is 24.1. The van der Waals surface area contributed by atoms with E-state index in [2.05, 4.69) is 49.2 Å². The van der Waals surface area contributed by atoms with Crippen LogP contribution in [-0.2, 0) is 19.1 Å². The third-order valence-corrected chi connectivity index (χ3v) is 20.2. The molecule has 69 heavy (non-hydrogen) atoms. The summed E-state index contributed by atoms with van der Waals surface area (Å²) >= 11 is 37.7. The normalized spacial score (nSPS) is 22.7. The number of halogens is 7. The molecule has 0 bridgehead atoms. The molecule has 4 aromatic carbocycles. The van der Waals surface area contributed by atoms with Crippen LogP contribution in [0.3, 0.4) is 0 Å². The van der Waals surface area contributed by atoms with Crippen LogP contribution in [0.25, 0.3) is 0 Å². The van der Waals surface area contributed by atoms with Crippen molar-refractivity contribution in [2.24, 2.45) is 11.8 Å². The van der Waals surface area contributed by atoms with Crippen LogP contribution in [0.5, 0.6) is 0 Å². The Kier molecular flexibility index (Phi) is 18.7. The second-order valence-electron chi connectivity index (χ2n) is 19.2. The summed E-state index contributed by atoms with van der Waals surface area (Å²) in [5.41, 5.74) is 4.51. The van der Waals surface area contributed by atoms with Crippen molar-refractivity contribution < 1.29 is 16.8 Å². The Morgan fingerprint density at radius 3 is 1.26 bits per heavy atom. The molecule has 0 radical (unpaired) electrons. The van der Waals surface area contributed by atoms with Crippen molar-refractivity contribution in [1.82, 2.24) is 19.4 Å². The number of benzene rings is 4. The predicted octanol–water partition coefficient (Wildman–Crippen LogP) is 11.9. The van der Waals surface area contributed by atoms with Crippen LogP contribution in [0.15, 0.2) is 84.9 Å². The van der Waals surface area contributed by atoms with Gasteiger partial charge in [0.1, 0.15) is 0 Å². The Hall–Kier alpha value is -1.75. The van der Waals surface area contributed by atoms with Gasteiger partial charge in [-0.2, -0.15) is 0 Å². The summed E-state index contributed by atoms with van der Waals surface area (Å²) in [5, 5.41) is 7.29. The molecule has 2 atom stereocenters. The van der Waals surface area contributed by atoms with Gasteiger partial charge in [0, 0.05) is 96.2 Å². The van der Waals surface area contributed by atoms with Crippen LogP contribution in [0.1, 0.15) is 74.6 Å². The van der Waals surface area contributed by atoms with E-state index in [1.807, 2.05) is 54.6 Å². The van der Waals surface area contributed by atoms with Gasteiger partial charge in [-0.05, 0) is 148 Å². The standard InChI is InChI=1S/C25H30Cl3N3O2S.C22H26Cl3N3.C3H5ClO2S/c26-20-3-1-19(2-4-20)25-17-29(13-14-31(25)24-8-5-21(27)15-23(24)28)16-18-9-11-30(12-10-18)34(32,33)22-6-7-22;23-18-3-1-17(2-4-18)22-15-27(14-16-7-9-26-10-8-16)11-12-28(22)21-6-5-19(24)13-20(21)25;4-7(5,6)3-1-2-3/h1-5,8,15,18,22,25H,6-7,9-14,16-17H2;1-6,13,16,22,26H,7-12,14-15H2;3H,1-2H2/t25-;22-;/m00./s1. The van der Waals surface area contributed by atoms with Gasteiger partial charge >= 0.3 is 0 Å². The van der Waals surface area contributed by atoms with Crippen LogP contribution >= 0.6 is 80.3 Å². The molecular weight excluding hydrogens is 1060 g/mol. The van der Waals surface area contributed by atoms with Crippen molar-refractivity contribution >= 4 is 111 Å². The van der Waals surface area contributed by atoms with Crippen molar-refractivity contribution in [1.29, 1.82) is 0 Å².